The van der Waals surface area contributed by atoms with E-state index >= 15 is 0 Å². The molecule has 2 heterocycles. The number of nitrogens with zero attached hydrogens (tertiary/aromatic N) is 3. The lowest BCUT2D eigenvalue weighted by Crippen LogP contribution is -2.40. The van der Waals surface area contributed by atoms with Crippen LogP contribution >= 0.6 is 0 Å². The van der Waals surface area contributed by atoms with Crippen LogP contribution in [0.1, 0.15) is 19.8 Å². The number of carbonyl (C=O) groups is 1. The number of aromatic nitrogens is 2. The maximum absolute atomic E-state index is 11.5. The predicted octanol–water partition coefficient (Wildman–Crippen LogP) is 0.846. The molecule has 0 saturated carbocycles. The normalized spacial score (nSPS) is 16.1. The molecule has 0 spiro atoms. The topological polar surface area (TPSA) is 67.3 Å². The van der Waals surface area contributed by atoms with Crippen molar-refractivity contribution in [2.45, 2.75) is 19.8 Å². The molecule has 1 aliphatic rings. The fraction of sp³-hybridized carbons (Fsp3) is 0.643. The number of rotatable bonds is 6. The molecule has 20 heavy (non-hydrogen) atoms. The Hall–Kier alpha value is -1.69. The van der Waals surface area contributed by atoms with Crippen molar-refractivity contribution in [2.24, 2.45) is 5.92 Å². The van der Waals surface area contributed by atoms with E-state index < -0.39 is 0 Å². The standard InChI is InChI=1S/C14H22N4O2/c1-2-20-11-13(19)17-10-12-4-8-18(9-5-12)14-15-6-3-7-16-14/h3,6-7,12H,2,4-5,8-11H2,1H3,(H,17,19). The highest BCUT2D eigenvalue weighted by molar-refractivity contribution is 5.77. The first-order valence-corrected chi connectivity index (χ1v) is 7.16. The Morgan fingerprint density at radius 3 is 2.75 bits per heavy atom. The summed E-state index contributed by atoms with van der Waals surface area (Å²) in [4.78, 5) is 22.2. The van der Waals surface area contributed by atoms with Crippen molar-refractivity contribution in [2.75, 3.05) is 37.7 Å². The number of hydrogen-bond donors (Lipinski definition) is 1. The summed E-state index contributed by atoms with van der Waals surface area (Å²) in [5.74, 6) is 1.30. The van der Waals surface area contributed by atoms with E-state index in [2.05, 4.69) is 20.2 Å². The van der Waals surface area contributed by atoms with E-state index in [1.54, 1.807) is 12.4 Å². The van der Waals surface area contributed by atoms with Crippen LogP contribution in [0.15, 0.2) is 18.5 Å². The van der Waals surface area contributed by atoms with Crippen LogP contribution in [0.5, 0.6) is 0 Å². The Kier molecular flexibility index (Phi) is 5.73. The van der Waals surface area contributed by atoms with E-state index in [9.17, 15) is 4.79 Å². The van der Waals surface area contributed by atoms with Crippen molar-refractivity contribution >= 4 is 11.9 Å². The highest BCUT2D eigenvalue weighted by Gasteiger charge is 2.21. The summed E-state index contributed by atoms with van der Waals surface area (Å²) in [6.07, 6.45) is 5.63. The van der Waals surface area contributed by atoms with Gasteiger partial charge >= 0.3 is 0 Å². The average Bonchev–Trinajstić information content (AvgIpc) is 2.52. The second kappa shape index (κ2) is 7.79. The third kappa shape index (κ3) is 4.45. The Morgan fingerprint density at radius 2 is 2.10 bits per heavy atom. The van der Waals surface area contributed by atoms with E-state index in [1.807, 2.05) is 13.0 Å². The lowest BCUT2D eigenvalue weighted by molar-refractivity contribution is -0.125. The van der Waals surface area contributed by atoms with Crippen LogP contribution in [0.25, 0.3) is 0 Å². The highest BCUT2D eigenvalue weighted by atomic mass is 16.5. The maximum atomic E-state index is 11.5. The predicted molar refractivity (Wildman–Crippen MR) is 76.5 cm³/mol. The summed E-state index contributed by atoms with van der Waals surface area (Å²) >= 11 is 0. The third-order valence-electron chi connectivity index (χ3n) is 3.47. The highest BCUT2D eigenvalue weighted by Crippen LogP contribution is 2.19. The second-order valence-corrected chi connectivity index (χ2v) is 4.92. The molecule has 0 unspecified atom stereocenters. The molecule has 1 amide bonds. The Bertz CT molecular complexity index is 405. The smallest absolute Gasteiger partial charge is 0.246 e. The van der Waals surface area contributed by atoms with E-state index in [4.69, 9.17) is 4.74 Å². The molecular formula is C14H22N4O2. The molecule has 6 heteroatoms. The Balaban J connectivity index is 1.68. The minimum Gasteiger partial charge on any atom is -0.372 e. The molecule has 0 aliphatic carbocycles. The fourth-order valence-electron chi connectivity index (χ4n) is 2.30. The minimum atomic E-state index is -0.0272. The van der Waals surface area contributed by atoms with Crippen LogP contribution in [-0.2, 0) is 9.53 Å². The largest absolute Gasteiger partial charge is 0.372 e. The first-order chi connectivity index (χ1) is 9.79. The molecule has 1 aromatic heterocycles. The third-order valence-corrected chi connectivity index (χ3v) is 3.47. The molecule has 0 bridgehead atoms. The molecule has 0 radical (unpaired) electrons. The molecule has 110 valence electrons. The van der Waals surface area contributed by atoms with Crippen molar-refractivity contribution in [3.8, 4) is 0 Å². The number of hydrogen-bond acceptors (Lipinski definition) is 5. The maximum Gasteiger partial charge on any atom is 0.246 e. The molecular weight excluding hydrogens is 256 g/mol. The van der Waals surface area contributed by atoms with E-state index in [1.165, 1.54) is 0 Å². The van der Waals surface area contributed by atoms with Crippen LogP contribution in [0.2, 0.25) is 0 Å². The number of nitrogens with one attached hydrogen (secondary N) is 1. The molecule has 1 aromatic rings. The minimum absolute atomic E-state index is 0.0272. The lowest BCUT2D eigenvalue weighted by atomic mass is 9.97. The summed E-state index contributed by atoms with van der Waals surface area (Å²) < 4.78 is 5.07. The molecule has 0 aromatic carbocycles. The summed E-state index contributed by atoms with van der Waals surface area (Å²) in [5.41, 5.74) is 0. The van der Waals surface area contributed by atoms with Gasteiger partial charge in [0.25, 0.3) is 0 Å². The van der Waals surface area contributed by atoms with Crippen LogP contribution < -0.4 is 10.2 Å². The SMILES string of the molecule is CCOCC(=O)NCC1CCN(c2ncccn2)CC1. The van der Waals surface area contributed by atoms with Gasteiger partial charge in [-0.2, -0.15) is 0 Å². The molecule has 1 aliphatic heterocycles. The fourth-order valence-corrected chi connectivity index (χ4v) is 2.30. The van der Waals surface area contributed by atoms with Crippen LogP contribution in [0.3, 0.4) is 0 Å². The summed E-state index contributed by atoms with van der Waals surface area (Å²) in [5, 5.41) is 2.93. The summed E-state index contributed by atoms with van der Waals surface area (Å²) in [7, 11) is 0. The van der Waals surface area contributed by atoms with Crippen molar-refractivity contribution in [3.05, 3.63) is 18.5 Å². The second-order valence-electron chi connectivity index (χ2n) is 4.92. The monoisotopic (exact) mass is 278 g/mol. The zero-order valence-electron chi connectivity index (χ0n) is 11.9. The van der Waals surface area contributed by atoms with Crippen molar-refractivity contribution in [3.63, 3.8) is 0 Å². The van der Waals surface area contributed by atoms with E-state index in [-0.39, 0.29) is 12.5 Å². The number of piperidine rings is 1. The van der Waals surface area contributed by atoms with Crippen molar-refractivity contribution in [1.29, 1.82) is 0 Å². The first-order valence-electron chi connectivity index (χ1n) is 7.16. The number of carbonyl (C=O) groups excluding carboxylic acids is 1. The zero-order valence-corrected chi connectivity index (χ0v) is 11.9. The molecule has 1 fully saturated rings. The van der Waals surface area contributed by atoms with Gasteiger partial charge in [0.1, 0.15) is 6.61 Å². The van der Waals surface area contributed by atoms with Gasteiger partial charge in [-0.15, -0.1) is 0 Å². The lowest BCUT2D eigenvalue weighted by Gasteiger charge is -2.31. The van der Waals surface area contributed by atoms with Crippen LogP contribution in [0, 0.1) is 5.92 Å². The molecule has 6 nitrogen and oxygen atoms in total. The summed E-state index contributed by atoms with van der Waals surface area (Å²) in [6.45, 7) is 5.23. The number of ether oxygens (including phenoxy) is 1. The van der Waals surface area contributed by atoms with Gasteiger partial charge in [0.2, 0.25) is 11.9 Å². The van der Waals surface area contributed by atoms with Gasteiger partial charge in [0, 0.05) is 38.6 Å². The Labute approximate surface area is 119 Å². The zero-order chi connectivity index (χ0) is 14.2. The summed E-state index contributed by atoms with van der Waals surface area (Å²) in [6, 6.07) is 1.82. The number of anilines is 1. The van der Waals surface area contributed by atoms with Crippen LogP contribution in [-0.4, -0.2) is 48.7 Å². The van der Waals surface area contributed by atoms with Gasteiger partial charge in [-0.05, 0) is 31.7 Å². The molecule has 0 atom stereocenters. The van der Waals surface area contributed by atoms with Gasteiger partial charge < -0.3 is 15.0 Å². The van der Waals surface area contributed by atoms with Gasteiger partial charge in [-0.25, -0.2) is 9.97 Å². The first kappa shape index (κ1) is 14.7. The van der Waals surface area contributed by atoms with Crippen molar-refractivity contribution in [1.82, 2.24) is 15.3 Å². The average molecular weight is 278 g/mol. The van der Waals surface area contributed by atoms with Gasteiger partial charge in [0.05, 0.1) is 0 Å². The molecule has 1 saturated heterocycles. The number of amides is 1. The van der Waals surface area contributed by atoms with Gasteiger partial charge in [0.15, 0.2) is 0 Å². The van der Waals surface area contributed by atoms with Gasteiger partial charge in [-0.3, -0.25) is 4.79 Å². The van der Waals surface area contributed by atoms with Gasteiger partial charge in [-0.1, -0.05) is 0 Å². The van der Waals surface area contributed by atoms with Crippen molar-refractivity contribution < 1.29 is 9.53 Å². The van der Waals surface area contributed by atoms with Crippen LogP contribution in [0.4, 0.5) is 5.95 Å². The molecule has 1 N–H and O–H groups in total. The van der Waals surface area contributed by atoms with E-state index in [0.717, 1.165) is 38.4 Å². The van der Waals surface area contributed by atoms with E-state index in [0.29, 0.717) is 12.5 Å². The molecule has 2 rings (SSSR count). The quantitative estimate of drug-likeness (QED) is 0.835. The Morgan fingerprint density at radius 1 is 1.40 bits per heavy atom.